The van der Waals surface area contributed by atoms with E-state index < -0.39 is 0 Å². The van der Waals surface area contributed by atoms with E-state index in [0.29, 0.717) is 0 Å². The first-order chi connectivity index (χ1) is 5.75. The van der Waals surface area contributed by atoms with Crippen LogP contribution in [0.1, 0.15) is 33.1 Å². The smallest absolute Gasteiger partial charge is 0.0177 e. The quantitative estimate of drug-likeness (QED) is 0.582. The Bertz CT molecular complexity index is 240. The first kappa shape index (κ1) is 9.66. The summed E-state index contributed by atoms with van der Waals surface area (Å²) in [5.41, 5.74) is 2.79. The molecule has 1 aliphatic rings. The van der Waals surface area contributed by atoms with Crippen LogP contribution in [0.3, 0.4) is 0 Å². The predicted octanol–water partition coefficient (Wildman–Crippen LogP) is 3.88. The van der Waals surface area contributed by atoms with Crippen LogP contribution in [0, 0.1) is 0 Å². The zero-order valence-electron chi connectivity index (χ0n) is 7.80. The van der Waals surface area contributed by atoms with Gasteiger partial charge in [0, 0.05) is 0 Å². The minimum atomic E-state index is 1.10. The second kappa shape index (κ2) is 4.56. The summed E-state index contributed by atoms with van der Waals surface area (Å²) in [6.07, 6.45) is 10.1. The largest absolute Gasteiger partial charge is 0.148 e. The second-order valence-electron chi connectivity index (χ2n) is 3.07. The van der Waals surface area contributed by atoms with Gasteiger partial charge >= 0.3 is 0 Å². The molecule has 0 saturated heterocycles. The average Bonchev–Trinajstić information content (AvgIpc) is 2.05. The first-order valence-corrected chi connectivity index (χ1v) is 4.96. The highest BCUT2D eigenvalue weighted by Gasteiger charge is 2.07. The Morgan fingerprint density at radius 3 is 3.00 bits per heavy atom. The van der Waals surface area contributed by atoms with Crippen molar-refractivity contribution in [2.45, 2.75) is 33.1 Å². The van der Waals surface area contributed by atoms with Crippen LogP contribution >= 0.6 is 12.6 Å². The predicted molar refractivity (Wildman–Crippen MR) is 58.4 cm³/mol. The molecule has 0 amide bonds. The lowest BCUT2D eigenvalue weighted by atomic mass is 9.94. The summed E-state index contributed by atoms with van der Waals surface area (Å²) < 4.78 is 0. The molecule has 0 aliphatic heterocycles. The molecule has 66 valence electrons. The maximum absolute atomic E-state index is 4.40. The van der Waals surface area contributed by atoms with Crippen molar-refractivity contribution >= 4 is 12.6 Å². The van der Waals surface area contributed by atoms with Crippen LogP contribution in [0.2, 0.25) is 0 Å². The molecule has 1 aliphatic carbocycles. The average molecular weight is 180 g/mol. The maximum Gasteiger partial charge on any atom is -0.0177 e. The van der Waals surface area contributed by atoms with Gasteiger partial charge in [-0.3, -0.25) is 0 Å². The molecule has 0 aromatic rings. The third-order valence-electron chi connectivity index (χ3n) is 2.07. The van der Waals surface area contributed by atoms with Crippen LogP contribution in [0.4, 0.5) is 0 Å². The second-order valence-corrected chi connectivity index (χ2v) is 3.74. The Hall–Kier alpha value is -0.430. The summed E-state index contributed by atoms with van der Waals surface area (Å²) in [7, 11) is 0. The molecule has 12 heavy (non-hydrogen) atoms. The van der Waals surface area contributed by atoms with Gasteiger partial charge in [-0.25, -0.2) is 0 Å². The van der Waals surface area contributed by atoms with Crippen molar-refractivity contribution < 1.29 is 0 Å². The van der Waals surface area contributed by atoms with Crippen LogP contribution in [0.15, 0.2) is 34.3 Å². The fraction of sp³-hybridized carbons (Fsp3) is 0.455. The van der Waals surface area contributed by atoms with Crippen molar-refractivity contribution in [1.82, 2.24) is 0 Å². The van der Waals surface area contributed by atoms with E-state index in [1.54, 1.807) is 0 Å². The van der Waals surface area contributed by atoms with Crippen LogP contribution in [-0.2, 0) is 0 Å². The van der Waals surface area contributed by atoms with Gasteiger partial charge in [0.1, 0.15) is 0 Å². The topological polar surface area (TPSA) is 0 Å². The Kier molecular flexibility index (Phi) is 3.67. The van der Waals surface area contributed by atoms with Crippen LogP contribution in [0.5, 0.6) is 0 Å². The lowest BCUT2D eigenvalue weighted by Crippen LogP contribution is -1.94. The summed E-state index contributed by atoms with van der Waals surface area (Å²) in [6, 6.07) is 0. The number of hydrogen-bond acceptors (Lipinski definition) is 1. The minimum absolute atomic E-state index is 1.10. The number of rotatable bonds is 1. The van der Waals surface area contributed by atoms with Crippen LogP contribution < -0.4 is 0 Å². The summed E-state index contributed by atoms with van der Waals surface area (Å²) in [4.78, 5) is 1.17. The van der Waals surface area contributed by atoms with Crippen molar-refractivity contribution in [3.8, 4) is 0 Å². The van der Waals surface area contributed by atoms with Crippen LogP contribution in [-0.4, -0.2) is 0 Å². The Morgan fingerprint density at radius 1 is 1.67 bits per heavy atom. The molecule has 1 rings (SSSR count). The fourth-order valence-electron chi connectivity index (χ4n) is 1.48. The lowest BCUT2D eigenvalue weighted by Gasteiger charge is -2.14. The third kappa shape index (κ3) is 2.28. The van der Waals surface area contributed by atoms with Gasteiger partial charge in [-0.2, -0.15) is 0 Å². The molecule has 0 bridgehead atoms. The molecule has 0 nitrogen and oxygen atoms in total. The van der Waals surface area contributed by atoms with E-state index >= 15 is 0 Å². The van der Waals surface area contributed by atoms with E-state index in [1.807, 2.05) is 0 Å². The summed E-state index contributed by atoms with van der Waals surface area (Å²) in [6.45, 7) is 4.24. The van der Waals surface area contributed by atoms with E-state index in [1.165, 1.54) is 16.1 Å². The molecule has 0 heterocycles. The van der Waals surface area contributed by atoms with Gasteiger partial charge in [0.25, 0.3) is 0 Å². The van der Waals surface area contributed by atoms with Crippen molar-refractivity contribution in [3.05, 3.63) is 34.3 Å². The van der Waals surface area contributed by atoms with Gasteiger partial charge in [0.2, 0.25) is 0 Å². The molecule has 0 N–H and O–H groups in total. The fourth-order valence-corrected chi connectivity index (χ4v) is 1.72. The monoisotopic (exact) mass is 180 g/mol. The van der Waals surface area contributed by atoms with E-state index in [2.05, 4.69) is 44.7 Å². The molecule has 0 unspecified atom stereocenters. The van der Waals surface area contributed by atoms with Crippen molar-refractivity contribution in [3.63, 3.8) is 0 Å². The Morgan fingerprint density at radius 2 is 2.42 bits per heavy atom. The summed E-state index contributed by atoms with van der Waals surface area (Å²) in [5, 5.41) is 0. The zero-order valence-corrected chi connectivity index (χ0v) is 8.70. The van der Waals surface area contributed by atoms with Crippen LogP contribution in [0.25, 0.3) is 0 Å². The highest BCUT2D eigenvalue weighted by Crippen LogP contribution is 2.27. The first-order valence-electron chi connectivity index (χ1n) is 4.51. The highest BCUT2D eigenvalue weighted by atomic mass is 32.1. The molecule has 0 aromatic carbocycles. The Balaban J connectivity index is 2.95. The molecular weight excluding hydrogens is 164 g/mol. The van der Waals surface area contributed by atoms with Gasteiger partial charge in [0.05, 0.1) is 0 Å². The van der Waals surface area contributed by atoms with Gasteiger partial charge in [0.15, 0.2) is 0 Å². The van der Waals surface area contributed by atoms with Gasteiger partial charge in [-0.1, -0.05) is 25.2 Å². The van der Waals surface area contributed by atoms with Gasteiger partial charge in [-0.15, -0.1) is 12.6 Å². The molecule has 0 aromatic heterocycles. The number of hydrogen-bond donors (Lipinski definition) is 1. The normalized spacial score (nSPS) is 24.8. The molecule has 0 radical (unpaired) electrons. The van der Waals surface area contributed by atoms with E-state index in [9.17, 15) is 0 Å². The highest BCUT2D eigenvalue weighted by molar-refractivity contribution is 7.84. The molecular formula is C11H16S. The molecule has 0 fully saturated rings. The molecule has 1 heteroatoms. The number of thiol groups is 1. The summed E-state index contributed by atoms with van der Waals surface area (Å²) in [5.74, 6) is 0. The SMILES string of the molecule is CC/C=C1/C=CCC/C1=C(/C)S. The van der Waals surface area contributed by atoms with E-state index in [0.717, 1.165) is 19.3 Å². The van der Waals surface area contributed by atoms with Gasteiger partial charge < -0.3 is 0 Å². The molecule has 0 saturated carbocycles. The van der Waals surface area contributed by atoms with Crippen molar-refractivity contribution in [1.29, 1.82) is 0 Å². The minimum Gasteiger partial charge on any atom is -0.148 e. The molecule has 0 atom stereocenters. The number of allylic oxidation sites excluding steroid dienone is 6. The van der Waals surface area contributed by atoms with Crippen molar-refractivity contribution in [2.24, 2.45) is 0 Å². The third-order valence-corrected chi connectivity index (χ3v) is 2.34. The van der Waals surface area contributed by atoms with E-state index in [4.69, 9.17) is 0 Å². The zero-order chi connectivity index (χ0) is 8.97. The summed E-state index contributed by atoms with van der Waals surface area (Å²) >= 11 is 4.40. The lowest BCUT2D eigenvalue weighted by molar-refractivity contribution is 0.955. The van der Waals surface area contributed by atoms with Gasteiger partial charge in [-0.05, 0) is 42.2 Å². The standard InChI is InChI=1S/C11H16S/c1-3-6-10-7-4-5-8-11(10)9(2)12/h4,6-7,12H,3,5,8H2,1-2H3/b10-6-,11-9+. The molecule has 0 spiro atoms. The van der Waals surface area contributed by atoms with Crippen molar-refractivity contribution in [2.75, 3.05) is 0 Å². The van der Waals surface area contributed by atoms with E-state index in [-0.39, 0.29) is 0 Å². The maximum atomic E-state index is 4.40. The Labute approximate surface area is 80.5 Å².